The van der Waals surface area contributed by atoms with Crippen LogP contribution in [0.1, 0.15) is 11.9 Å². The second kappa shape index (κ2) is 5.49. The Morgan fingerprint density at radius 2 is 2.33 bits per heavy atom. The molecule has 2 aromatic rings. The molecule has 0 atom stereocenters. The van der Waals surface area contributed by atoms with Crippen molar-refractivity contribution in [3.8, 4) is 10.7 Å². The van der Waals surface area contributed by atoms with Crippen LogP contribution in [-0.4, -0.2) is 36.6 Å². The Hall–Kier alpha value is -1.41. The van der Waals surface area contributed by atoms with Gasteiger partial charge in [0, 0.05) is 12.7 Å². The normalized spacial score (nSPS) is 10.8. The number of aryl methyl sites for hydroxylation is 1. The number of rotatable bonds is 5. The van der Waals surface area contributed by atoms with Gasteiger partial charge in [-0.1, -0.05) is 11.8 Å². The van der Waals surface area contributed by atoms with Crippen LogP contribution in [0.2, 0.25) is 0 Å². The lowest BCUT2D eigenvalue weighted by atomic mass is 10.5. The predicted octanol–water partition coefficient (Wildman–Crippen LogP) is 1.91. The quantitative estimate of drug-likeness (QED) is 0.845. The molecule has 0 aromatic carbocycles. The highest BCUT2D eigenvalue weighted by Crippen LogP contribution is 2.27. The summed E-state index contributed by atoms with van der Waals surface area (Å²) in [5, 5.41) is 18.4. The van der Waals surface area contributed by atoms with Crippen LogP contribution in [0.15, 0.2) is 11.4 Å². The predicted molar refractivity (Wildman–Crippen MR) is 69.9 cm³/mol. The molecule has 96 valence electrons. The zero-order valence-corrected chi connectivity index (χ0v) is 11.6. The van der Waals surface area contributed by atoms with E-state index in [1.165, 1.54) is 11.8 Å². The van der Waals surface area contributed by atoms with Crippen molar-refractivity contribution in [2.75, 3.05) is 5.75 Å². The average molecular weight is 284 g/mol. The number of thioether (sulfide) groups is 1. The summed E-state index contributed by atoms with van der Waals surface area (Å²) >= 11 is 2.72. The molecule has 2 aromatic heterocycles. The summed E-state index contributed by atoms with van der Waals surface area (Å²) in [6.07, 6.45) is 1.77. The SMILES string of the molecule is CCn1c(SCC(=O)O)nnc1-c1cnc(C)s1. The second-order valence-electron chi connectivity index (χ2n) is 3.48. The van der Waals surface area contributed by atoms with Crippen molar-refractivity contribution in [1.29, 1.82) is 0 Å². The van der Waals surface area contributed by atoms with Crippen molar-refractivity contribution < 1.29 is 9.90 Å². The second-order valence-corrected chi connectivity index (χ2v) is 5.65. The molecule has 0 saturated heterocycles. The summed E-state index contributed by atoms with van der Waals surface area (Å²) in [7, 11) is 0. The third kappa shape index (κ3) is 2.70. The Morgan fingerprint density at radius 3 is 2.89 bits per heavy atom. The zero-order chi connectivity index (χ0) is 13.1. The summed E-state index contributed by atoms with van der Waals surface area (Å²) in [4.78, 5) is 15.7. The molecule has 0 aliphatic carbocycles. The van der Waals surface area contributed by atoms with Crippen molar-refractivity contribution in [2.24, 2.45) is 0 Å². The van der Waals surface area contributed by atoms with Crippen LogP contribution in [0.5, 0.6) is 0 Å². The number of hydrogen-bond donors (Lipinski definition) is 1. The fourth-order valence-electron chi connectivity index (χ4n) is 1.45. The van der Waals surface area contributed by atoms with Gasteiger partial charge in [-0.15, -0.1) is 21.5 Å². The fraction of sp³-hybridized carbons (Fsp3) is 0.400. The average Bonchev–Trinajstić information content (AvgIpc) is 2.91. The van der Waals surface area contributed by atoms with Crippen molar-refractivity contribution >= 4 is 29.1 Å². The first-order valence-electron chi connectivity index (χ1n) is 5.32. The molecule has 1 N–H and O–H groups in total. The molecule has 6 nitrogen and oxygen atoms in total. The van der Waals surface area contributed by atoms with Gasteiger partial charge in [0.2, 0.25) is 0 Å². The van der Waals surface area contributed by atoms with E-state index >= 15 is 0 Å². The minimum atomic E-state index is -0.860. The van der Waals surface area contributed by atoms with Gasteiger partial charge < -0.3 is 9.67 Å². The molecule has 0 fully saturated rings. The van der Waals surface area contributed by atoms with Gasteiger partial charge in [0.25, 0.3) is 0 Å². The van der Waals surface area contributed by atoms with Gasteiger partial charge >= 0.3 is 5.97 Å². The van der Waals surface area contributed by atoms with Crippen LogP contribution in [0.25, 0.3) is 10.7 Å². The van der Waals surface area contributed by atoms with Crippen molar-refractivity contribution in [3.63, 3.8) is 0 Å². The summed E-state index contributed by atoms with van der Waals surface area (Å²) in [5.41, 5.74) is 0. The summed E-state index contributed by atoms with van der Waals surface area (Å²) in [5.74, 6) is -0.128. The number of carboxylic acid groups (broad SMARTS) is 1. The minimum Gasteiger partial charge on any atom is -0.481 e. The van der Waals surface area contributed by atoms with E-state index in [1.807, 2.05) is 18.4 Å². The number of nitrogens with zero attached hydrogens (tertiary/aromatic N) is 4. The first-order valence-corrected chi connectivity index (χ1v) is 7.12. The van der Waals surface area contributed by atoms with E-state index < -0.39 is 5.97 Å². The van der Waals surface area contributed by atoms with Gasteiger partial charge in [-0.3, -0.25) is 4.79 Å². The zero-order valence-electron chi connectivity index (χ0n) is 9.95. The van der Waals surface area contributed by atoms with E-state index in [2.05, 4.69) is 15.2 Å². The number of aliphatic carboxylic acids is 1. The van der Waals surface area contributed by atoms with Crippen molar-refractivity contribution in [3.05, 3.63) is 11.2 Å². The first kappa shape index (κ1) is 13.0. The maximum Gasteiger partial charge on any atom is 0.313 e. The maximum atomic E-state index is 10.6. The highest BCUT2D eigenvalue weighted by molar-refractivity contribution is 7.99. The van der Waals surface area contributed by atoms with Crippen LogP contribution >= 0.6 is 23.1 Å². The minimum absolute atomic E-state index is 0.0140. The lowest BCUT2D eigenvalue weighted by Gasteiger charge is -2.04. The third-order valence-corrected chi connectivity index (χ3v) is 4.06. The van der Waals surface area contributed by atoms with E-state index in [0.29, 0.717) is 11.7 Å². The molecule has 18 heavy (non-hydrogen) atoms. The van der Waals surface area contributed by atoms with Gasteiger partial charge in [-0.25, -0.2) is 4.98 Å². The van der Waals surface area contributed by atoms with Crippen LogP contribution in [0.3, 0.4) is 0 Å². The first-order chi connectivity index (χ1) is 8.61. The lowest BCUT2D eigenvalue weighted by Crippen LogP contribution is -2.02. The van der Waals surface area contributed by atoms with E-state index in [1.54, 1.807) is 17.5 Å². The molecular weight excluding hydrogens is 272 g/mol. The lowest BCUT2D eigenvalue weighted by molar-refractivity contribution is -0.133. The smallest absolute Gasteiger partial charge is 0.313 e. The van der Waals surface area contributed by atoms with Crippen molar-refractivity contribution in [1.82, 2.24) is 19.7 Å². The molecule has 0 aliphatic rings. The molecule has 0 aliphatic heterocycles. The van der Waals surface area contributed by atoms with E-state index in [0.717, 1.165) is 15.7 Å². The van der Waals surface area contributed by atoms with E-state index in [-0.39, 0.29) is 5.75 Å². The van der Waals surface area contributed by atoms with Crippen LogP contribution in [0.4, 0.5) is 0 Å². The van der Waals surface area contributed by atoms with Crippen molar-refractivity contribution in [2.45, 2.75) is 25.5 Å². The van der Waals surface area contributed by atoms with Gasteiger partial charge in [0.1, 0.15) is 0 Å². The van der Waals surface area contributed by atoms with E-state index in [4.69, 9.17) is 5.11 Å². The molecule has 0 bridgehead atoms. The Morgan fingerprint density at radius 1 is 1.56 bits per heavy atom. The molecule has 0 amide bonds. The van der Waals surface area contributed by atoms with Gasteiger partial charge in [-0.2, -0.15) is 0 Å². The molecule has 0 unspecified atom stereocenters. The maximum absolute atomic E-state index is 10.6. The van der Waals surface area contributed by atoms with E-state index in [9.17, 15) is 4.79 Å². The molecule has 0 spiro atoms. The van der Waals surface area contributed by atoms with Crippen LogP contribution in [-0.2, 0) is 11.3 Å². The Bertz CT molecular complexity index is 564. The molecule has 0 saturated carbocycles. The standard InChI is InChI=1S/C10H12N4O2S2/c1-3-14-9(7-4-11-6(2)18-7)12-13-10(14)17-5-8(15)16/h4H,3,5H2,1-2H3,(H,15,16). The number of thiazole rings is 1. The Balaban J connectivity index is 2.29. The van der Waals surface area contributed by atoms with Crippen LogP contribution < -0.4 is 0 Å². The molecule has 2 rings (SSSR count). The highest BCUT2D eigenvalue weighted by atomic mass is 32.2. The monoisotopic (exact) mass is 284 g/mol. The molecule has 0 radical (unpaired) electrons. The number of carbonyl (C=O) groups is 1. The largest absolute Gasteiger partial charge is 0.481 e. The number of carboxylic acids is 1. The van der Waals surface area contributed by atoms with Crippen LogP contribution in [0, 0.1) is 6.92 Å². The fourth-order valence-corrected chi connectivity index (χ4v) is 2.95. The molecule has 8 heteroatoms. The Labute approximate surface area is 112 Å². The molecule has 2 heterocycles. The summed E-state index contributed by atoms with van der Waals surface area (Å²) in [6.45, 7) is 4.60. The Kier molecular flexibility index (Phi) is 3.97. The van der Waals surface area contributed by atoms with Gasteiger partial charge in [-0.05, 0) is 13.8 Å². The number of aromatic nitrogens is 4. The molecular formula is C10H12N4O2S2. The topological polar surface area (TPSA) is 80.9 Å². The number of hydrogen-bond acceptors (Lipinski definition) is 6. The van der Waals surface area contributed by atoms with Gasteiger partial charge in [0.15, 0.2) is 11.0 Å². The highest BCUT2D eigenvalue weighted by Gasteiger charge is 2.15. The van der Waals surface area contributed by atoms with Gasteiger partial charge in [0.05, 0.1) is 15.6 Å². The summed E-state index contributed by atoms with van der Waals surface area (Å²) < 4.78 is 1.90. The summed E-state index contributed by atoms with van der Waals surface area (Å²) in [6, 6.07) is 0. The third-order valence-electron chi connectivity index (χ3n) is 2.20.